The SMILES string of the molecule is COc1cccc(OCc2c(C(=O)NN)noc2C)c1. The lowest BCUT2D eigenvalue weighted by Gasteiger charge is -2.07. The van der Waals surface area contributed by atoms with Crippen molar-refractivity contribution in [2.45, 2.75) is 13.5 Å². The number of nitrogens with zero attached hydrogens (tertiary/aromatic N) is 1. The average molecular weight is 277 g/mol. The van der Waals surface area contributed by atoms with Crippen LogP contribution in [-0.2, 0) is 6.61 Å². The molecular formula is C13H15N3O4. The van der Waals surface area contributed by atoms with Gasteiger partial charge in [0, 0.05) is 6.07 Å². The van der Waals surface area contributed by atoms with E-state index in [0.717, 1.165) is 0 Å². The first-order valence-corrected chi connectivity index (χ1v) is 5.88. The maximum absolute atomic E-state index is 11.5. The monoisotopic (exact) mass is 277 g/mol. The molecule has 0 atom stereocenters. The molecule has 0 unspecified atom stereocenters. The van der Waals surface area contributed by atoms with E-state index in [4.69, 9.17) is 19.8 Å². The third-order valence-electron chi connectivity index (χ3n) is 2.76. The molecule has 3 N–H and O–H groups in total. The lowest BCUT2D eigenvalue weighted by Crippen LogP contribution is -2.31. The van der Waals surface area contributed by atoms with Gasteiger partial charge in [-0.1, -0.05) is 11.2 Å². The average Bonchev–Trinajstić information content (AvgIpc) is 2.85. The largest absolute Gasteiger partial charge is 0.497 e. The molecular weight excluding hydrogens is 262 g/mol. The van der Waals surface area contributed by atoms with E-state index in [1.54, 1.807) is 26.2 Å². The van der Waals surface area contributed by atoms with Crippen molar-refractivity contribution in [2.75, 3.05) is 7.11 Å². The lowest BCUT2D eigenvalue weighted by molar-refractivity contribution is 0.0942. The Hall–Kier alpha value is -2.54. The Morgan fingerprint density at radius 2 is 2.20 bits per heavy atom. The van der Waals surface area contributed by atoms with Crippen LogP contribution in [0.4, 0.5) is 0 Å². The summed E-state index contributed by atoms with van der Waals surface area (Å²) < 4.78 is 15.7. The number of methoxy groups -OCH3 is 1. The molecule has 1 amide bonds. The molecule has 106 valence electrons. The summed E-state index contributed by atoms with van der Waals surface area (Å²) >= 11 is 0. The maximum atomic E-state index is 11.5. The van der Waals surface area contributed by atoms with E-state index in [-0.39, 0.29) is 12.3 Å². The van der Waals surface area contributed by atoms with Crippen LogP contribution in [-0.4, -0.2) is 18.2 Å². The second-order valence-electron chi connectivity index (χ2n) is 4.01. The first kappa shape index (κ1) is 13.9. The van der Waals surface area contributed by atoms with Crippen molar-refractivity contribution < 1.29 is 18.8 Å². The number of nitrogen functional groups attached to an aromatic ring is 1. The van der Waals surface area contributed by atoms with E-state index in [1.165, 1.54) is 0 Å². The second kappa shape index (κ2) is 6.07. The molecule has 0 aliphatic carbocycles. The maximum Gasteiger partial charge on any atom is 0.287 e. The minimum absolute atomic E-state index is 0.118. The number of carbonyl (C=O) groups excluding carboxylic acids is 1. The minimum atomic E-state index is -0.522. The smallest absolute Gasteiger partial charge is 0.287 e. The summed E-state index contributed by atoms with van der Waals surface area (Å²) in [6.45, 7) is 1.84. The van der Waals surface area contributed by atoms with Crippen LogP contribution in [0.5, 0.6) is 11.5 Å². The predicted molar refractivity (Wildman–Crippen MR) is 70.2 cm³/mol. The molecule has 1 heterocycles. The van der Waals surface area contributed by atoms with E-state index in [2.05, 4.69) is 5.16 Å². The normalized spacial score (nSPS) is 10.2. The molecule has 1 aromatic carbocycles. The van der Waals surface area contributed by atoms with Crippen molar-refractivity contribution in [3.8, 4) is 11.5 Å². The Bertz CT molecular complexity index is 609. The summed E-state index contributed by atoms with van der Waals surface area (Å²) in [5.74, 6) is 6.37. The van der Waals surface area contributed by atoms with Gasteiger partial charge in [0.05, 0.1) is 12.7 Å². The third-order valence-corrected chi connectivity index (χ3v) is 2.76. The first-order chi connectivity index (χ1) is 9.65. The summed E-state index contributed by atoms with van der Waals surface area (Å²) in [5.41, 5.74) is 2.68. The molecule has 1 aromatic heterocycles. The number of benzene rings is 1. The quantitative estimate of drug-likeness (QED) is 0.483. The first-order valence-electron chi connectivity index (χ1n) is 5.88. The highest BCUT2D eigenvalue weighted by Crippen LogP contribution is 2.21. The van der Waals surface area contributed by atoms with Crippen molar-refractivity contribution in [1.29, 1.82) is 0 Å². The minimum Gasteiger partial charge on any atom is -0.497 e. The van der Waals surface area contributed by atoms with Gasteiger partial charge in [-0.25, -0.2) is 5.84 Å². The van der Waals surface area contributed by atoms with Crippen LogP contribution in [0.25, 0.3) is 0 Å². The van der Waals surface area contributed by atoms with Gasteiger partial charge in [-0.15, -0.1) is 0 Å². The summed E-state index contributed by atoms with van der Waals surface area (Å²) in [4.78, 5) is 11.5. The fourth-order valence-corrected chi connectivity index (χ4v) is 1.65. The van der Waals surface area contributed by atoms with Crippen LogP contribution >= 0.6 is 0 Å². The van der Waals surface area contributed by atoms with E-state index in [9.17, 15) is 4.79 Å². The Labute approximate surface area is 115 Å². The van der Waals surface area contributed by atoms with Crippen LogP contribution in [0, 0.1) is 6.92 Å². The molecule has 2 aromatic rings. The fraction of sp³-hybridized carbons (Fsp3) is 0.231. The standard InChI is InChI=1S/C13H15N3O4/c1-8-11(12(16-20-8)13(17)15-14)7-19-10-5-3-4-9(6-10)18-2/h3-6H,7,14H2,1-2H3,(H,15,17). The Kier molecular flexibility index (Phi) is 4.21. The van der Waals surface area contributed by atoms with Gasteiger partial charge in [0.2, 0.25) is 0 Å². The van der Waals surface area contributed by atoms with Crippen LogP contribution in [0.3, 0.4) is 0 Å². The number of aromatic nitrogens is 1. The highest BCUT2D eigenvalue weighted by molar-refractivity contribution is 5.93. The third kappa shape index (κ3) is 2.89. The van der Waals surface area contributed by atoms with Crippen LogP contribution < -0.4 is 20.7 Å². The molecule has 0 fully saturated rings. The van der Waals surface area contributed by atoms with Crippen molar-refractivity contribution >= 4 is 5.91 Å². The molecule has 0 saturated heterocycles. The number of aryl methyl sites for hydroxylation is 1. The zero-order chi connectivity index (χ0) is 14.5. The Morgan fingerprint density at radius 3 is 2.90 bits per heavy atom. The summed E-state index contributed by atoms with van der Waals surface area (Å²) in [7, 11) is 1.58. The van der Waals surface area contributed by atoms with Crippen molar-refractivity contribution in [1.82, 2.24) is 10.6 Å². The lowest BCUT2D eigenvalue weighted by atomic mass is 10.2. The second-order valence-corrected chi connectivity index (χ2v) is 4.01. The van der Waals surface area contributed by atoms with Gasteiger partial charge in [-0.3, -0.25) is 10.2 Å². The molecule has 0 spiro atoms. The van der Waals surface area contributed by atoms with Crippen molar-refractivity contribution in [3.63, 3.8) is 0 Å². The molecule has 0 bridgehead atoms. The van der Waals surface area contributed by atoms with E-state index in [0.29, 0.717) is 22.8 Å². The molecule has 0 radical (unpaired) electrons. The molecule has 7 nitrogen and oxygen atoms in total. The van der Waals surface area contributed by atoms with Crippen molar-refractivity contribution in [2.24, 2.45) is 5.84 Å². The Balaban J connectivity index is 2.14. The number of hydrogen-bond acceptors (Lipinski definition) is 6. The highest BCUT2D eigenvalue weighted by Gasteiger charge is 2.19. The number of nitrogens with one attached hydrogen (secondary N) is 1. The van der Waals surface area contributed by atoms with Gasteiger partial charge in [-0.05, 0) is 19.1 Å². The summed E-state index contributed by atoms with van der Waals surface area (Å²) in [6.07, 6.45) is 0. The number of hydrazine groups is 1. The Morgan fingerprint density at radius 1 is 1.45 bits per heavy atom. The van der Waals surface area contributed by atoms with Crippen LogP contribution in [0.2, 0.25) is 0 Å². The van der Waals surface area contributed by atoms with Gasteiger partial charge in [0.25, 0.3) is 5.91 Å². The zero-order valence-corrected chi connectivity index (χ0v) is 11.2. The number of nitrogens with two attached hydrogens (primary N) is 1. The number of hydrogen-bond donors (Lipinski definition) is 2. The van der Waals surface area contributed by atoms with Crippen molar-refractivity contribution in [3.05, 3.63) is 41.3 Å². The molecule has 0 aliphatic heterocycles. The predicted octanol–water partition coefficient (Wildman–Crippen LogP) is 1.17. The van der Waals surface area contributed by atoms with Gasteiger partial charge < -0.3 is 14.0 Å². The number of ether oxygens (including phenoxy) is 2. The van der Waals surface area contributed by atoms with Crippen LogP contribution in [0.1, 0.15) is 21.8 Å². The topological polar surface area (TPSA) is 99.6 Å². The van der Waals surface area contributed by atoms with Gasteiger partial charge in [-0.2, -0.15) is 0 Å². The molecule has 2 rings (SSSR count). The molecule has 0 saturated carbocycles. The van der Waals surface area contributed by atoms with Gasteiger partial charge in [0.1, 0.15) is 23.9 Å². The van der Waals surface area contributed by atoms with E-state index >= 15 is 0 Å². The number of carbonyl (C=O) groups is 1. The van der Waals surface area contributed by atoms with Gasteiger partial charge in [0.15, 0.2) is 5.69 Å². The number of rotatable bonds is 5. The van der Waals surface area contributed by atoms with E-state index in [1.807, 2.05) is 17.6 Å². The zero-order valence-electron chi connectivity index (χ0n) is 11.2. The summed E-state index contributed by atoms with van der Waals surface area (Å²) in [5, 5.41) is 3.66. The summed E-state index contributed by atoms with van der Waals surface area (Å²) in [6, 6.07) is 7.15. The van der Waals surface area contributed by atoms with Gasteiger partial charge >= 0.3 is 0 Å². The van der Waals surface area contributed by atoms with Crippen LogP contribution in [0.15, 0.2) is 28.8 Å². The fourth-order valence-electron chi connectivity index (χ4n) is 1.65. The molecule has 20 heavy (non-hydrogen) atoms. The number of amides is 1. The highest BCUT2D eigenvalue weighted by atomic mass is 16.5. The molecule has 0 aliphatic rings. The molecule has 7 heteroatoms. The van der Waals surface area contributed by atoms with E-state index < -0.39 is 5.91 Å².